The standard InChI is InChI=1S/C16H21N3O4/c1-11(2)10-14-15(16(20)21)17-18-19(14)8-9-23-13-6-4-12(22-3)5-7-13/h4-7,11H,8-10H2,1-3H3,(H,20,21). The number of carboxylic acids is 1. The molecular weight excluding hydrogens is 298 g/mol. The molecule has 0 aliphatic carbocycles. The van der Waals surface area contributed by atoms with Crippen LogP contribution in [0.15, 0.2) is 24.3 Å². The molecule has 1 aromatic heterocycles. The highest BCUT2D eigenvalue weighted by Crippen LogP contribution is 2.17. The Bertz CT molecular complexity index is 650. The van der Waals surface area contributed by atoms with Crippen LogP contribution in [0.1, 0.15) is 30.0 Å². The summed E-state index contributed by atoms with van der Waals surface area (Å²) in [6.07, 6.45) is 0.608. The van der Waals surface area contributed by atoms with Crippen molar-refractivity contribution < 1.29 is 19.4 Å². The zero-order valence-electron chi connectivity index (χ0n) is 13.5. The summed E-state index contributed by atoms with van der Waals surface area (Å²) in [5.41, 5.74) is 0.647. The molecule has 7 heteroatoms. The van der Waals surface area contributed by atoms with Gasteiger partial charge >= 0.3 is 5.97 Å². The summed E-state index contributed by atoms with van der Waals surface area (Å²) in [5.74, 6) is 0.740. The molecule has 124 valence electrons. The lowest BCUT2D eigenvalue weighted by atomic mass is 10.1. The predicted octanol–water partition coefficient (Wildman–Crippen LogP) is 2.26. The maximum absolute atomic E-state index is 11.2. The number of carbonyl (C=O) groups is 1. The number of methoxy groups -OCH3 is 1. The monoisotopic (exact) mass is 319 g/mol. The van der Waals surface area contributed by atoms with Crippen molar-refractivity contribution in [2.75, 3.05) is 13.7 Å². The van der Waals surface area contributed by atoms with Crippen molar-refractivity contribution in [3.8, 4) is 11.5 Å². The Morgan fingerprint density at radius 3 is 2.48 bits per heavy atom. The molecule has 0 aliphatic heterocycles. The SMILES string of the molecule is COc1ccc(OCCn2nnc(C(=O)O)c2CC(C)C)cc1. The lowest BCUT2D eigenvalue weighted by Crippen LogP contribution is -2.15. The third-order valence-corrected chi connectivity index (χ3v) is 3.27. The molecule has 1 N–H and O–H groups in total. The molecule has 0 unspecified atom stereocenters. The number of benzene rings is 1. The number of hydrogen-bond donors (Lipinski definition) is 1. The number of carboxylic acid groups (broad SMARTS) is 1. The van der Waals surface area contributed by atoms with Crippen molar-refractivity contribution in [1.82, 2.24) is 15.0 Å². The molecule has 0 bridgehead atoms. The second-order valence-electron chi connectivity index (χ2n) is 5.53. The summed E-state index contributed by atoms with van der Waals surface area (Å²) in [7, 11) is 1.61. The molecule has 0 aliphatic rings. The second kappa shape index (κ2) is 7.62. The highest BCUT2D eigenvalue weighted by Gasteiger charge is 2.19. The number of nitrogens with zero attached hydrogens (tertiary/aromatic N) is 3. The number of aromatic nitrogens is 3. The van der Waals surface area contributed by atoms with Crippen molar-refractivity contribution in [3.05, 3.63) is 35.7 Å². The summed E-state index contributed by atoms with van der Waals surface area (Å²) in [6.45, 7) is 4.86. The summed E-state index contributed by atoms with van der Waals surface area (Å²) >= 11 is 0. The molecule has 0 fully saturated rings. The fourth-order valence-corrected chi connectivity index (χ4v) is 2.19. The molecule has 0 saturated carbocycles. The third-order valence-electron chi connectivity index (χ3n) is 3.27. The van der Waals surface area contributed by atoms with Crippen LogP contribution in [0.2, 0.25) is 0 Å². The van der Waals surface area contributed by atoms with Crippen molar-refractivity contribution in [2.45, 2.75) is 26.8 Å². The zero-order valence-corrected chi connectivity index (χ0v) is 13.5. The fraction of sp³-hybridized carbons (Fsp3) is 0.438. The highest BCUT2D eigenvalue weighted by molar-refractivity contribution is 5.86. The normalized spacial score (nSPS) is 10.8. The minimum Gasteiger partial charge on any atom is -0.497 e. The maximum atomic E-state index is 11.2. The summed E-state index contributed by atoms with van der Waals surface area (Å²) in [5, 5.41) is 16.9. The molecule has 7 nitrogen and oxygen atoms in total. The van der Waals surface area contributed by atoms with Gasteiger partial charge in [0.25, 0.3) is 0 Å². The molecule has 2 aromatic rings. The molecule has 0 spiro atoms. The van der Waals surface area contributed by atoms with Crippen molar-refractivity contribution in [2.24, 2.45) is 5.92 Å². The lowest BCUT2D eigenvalue weighted by molar-refractivity contribution is 0.0689. The van der Waals surface area contributed by atoms with E-state index in [1.807, 2.05) is 38.1 Å². The van der Waals surface area contributed by atoms with Gasteiger partial charge in [-0.2, -0.15) is 0 Å². The van der Waals surface area contributed by atoms with E-state index in [0.717, 1.165) is 11.5 Å². The largest absolute Gasteiger partial charge is 0.497 e. The average Bonchev–Trinajstić information content (AvgIpc) is 2.90. The van der Waals surface area contributed by atoms with Crippen LogP contribution in [0.3, 0.4) is 0 Å². The van der Waals surface area contributed by atoms with Crippen LogP contribution >= 0.6 is 0 Å². The van der Waals surface area contributed by atoms with Gasteiger partial charge in [-0.3, -0.25) is 0 Å². The summed E-state index contributed by atoms with van der Waals surface area (Å²) in [6, 6.07) is 7.27. The van der Waals surface area contributed by atoms with E-state index in [4.69, 9.17) is 9.47 Å². The average molecular weight is 319 g/mol. The number of aromatic carboxylic acids is 1. The fourth-order valence-electron chi connectivity index (χ4n) is 2.19. The minimum absolute atomic E-state index is 0.0168. The first kappa shape index (κ1) is 16.8. The van der Waals surface area contributed by atoms with Crippen LogP contribution in [0.25, 0.3) is 0 Å². The summed E-state index contributed by atoms with van der Waals surface area (Å²) < 4.78 is 12.3. The van der Waals surface area contributed by atoms with Gasteiger partial charge in [0.2, 0.25) is 0 Å². The molecule has 0 saturated heterocycles. The van der Waals surface area contributed by atoms with Crippen LogP contribution < -0.4 is 9.47 Å². The third kappa shape index (κ3) is 4.45. The van der Waals surface area contributed by atoms with E-state index in [1.54, 1.807) is 11.8 Å². The van der Waals surface area contributed by atoms with E-state index in [-0.39, 0.29) is 5.69 Å². The molecular formula is C16H21N3O4. The lowest BCUT2D eigenvalue weighted by Gasteiger charge is -2.10. The van der Waals surface area contributed by atoms with Gasteiger partial charge in [-0.1, -0.05) is 19.1 Å². The summed E-state index contributed by atoms with van der Waals surface area (Å²) in [4.78, 5) is 11.2. The maximum Gasteiger partial charge on any atom is 0.358 e. The minimum atomic E-state index is -1.05. The zero-order chi connectivity index (χ0) is 16.8. The molecule has 23 heavy (non-hydrogen) atoms. The van der Waals surface area contributed by atoms with E-state index in [9.17, 15) is 9.90 Å². The van der Waals surface area contributed by atoms with Gasteiger partial charge in [0.1, 0.15) is 18.1 Å². The predicted molar refractivity (Wildman–Crippen MR) is 84.0 cm³/mol. The Kier molecular flexibility index (Phi) is 5.56. The van der Waals surface area contributed by atoms with E-state index in [2.05, 4.69) is 10.3 Å². The van der Waals surface area contributed by atoms with Crippen molar-refractivity contribution in [3.63, 3.8) is 0 Å². The van der Waals surface area contributed by atoms with Crippen LogP contribution in [-0.2, 0) is 13.0 Å². The van der Waals surface area contributed by atoms with Crippen LogP contribution in [0, 0.1) is 5.92 Å². The van der Waals surface area contributed by atoms with Crippen LogP contribution in [0.5, 0.6) is 11.5 Å². The highest BCUT2D eigenvalue weighted by atomic mass is 16.5. The molecule has 0 atom stereocenters. The van der Waals surface area contributed by atoms with Gasteiger partial charge in [0, 0.05) is 0 Å². The van der Waals surface area contributed by atoms with Gasteiger partial charge in [0.15, 0.2) is 5.69 Å². The molecule has 0 radical (unpaired) electrons. The first-order chi connectivity index (χ1) is 11.0. The Balaban J connectivity index is 2.00. The quantitative estimate of drug-likeness (QED) is 0.803. The Morgan fingerprint density at radius 1 is 1.26 bits per heavy atom. The number of hydrogen-bond acceptors (Lipinski definition) is 5. The van der Waals surface area contributed by atoms with E-state index in [1.165, 1.54) is 0 Å². The molecule has 1 aromatic carbocycles. The van der Waals surface area contributed by atoms with E-state index in [0.29, 0.717) is 31.2 Å². The number of ether oxygens (including phenoxy) is 2. The Hall–Kier alpha value is -2.57. The van der Waals surface area contributed by atoms with Crippen molar-refractivity contribution in [1.29, 1.82) is 0 Å². The molecule has 1 heterocycles. The first-order valence-corrected chi connectivity index (χ1v) is 7.43. The van der Waals surface area contributed by atoms with Gasteiger partial charge < -0.3 is 14.6 Å². The van der Waals surface area contributed by atoms with Crippen LogP contribution in [0.4, 0.5) is 0 Å². The topological polar surface area (TPSA) is 86.5 Å². The Morgan fingerprint density at radius 2 is 1.91 bits per heavy atom. The van der Waals surface area contributed by atoms with Gasteiger partial charge in [-0.25, -0.2) is 9.48 Å². The molecule has 2 rings (SSSR count). The van der Waals surface area contributed by atoms with Gasteiger partial charge in [-0.15, -0.1) is 5.10 Å². The smallest absolute Gasteiger partial charge is 0.358 e. The van der Waals surface area contributed by atoms with Gasteiger partial charge in [0.05, 0.1) is 19.3 Å². The molecule has 0 amide bonds. The first-order valence-electron chi connectivity index (χ1n) is 7.43. The van der Waals surface area contributed by atoms with E-state index < -0.39 is 5.97 Å². The van der Waals surface area contributed by atoms with Crippen LogP contribution in [-0.4, -0.2) is 39.8 Å². The van der Waals surface area contributed by atoms with Crippen molar-refractivity contribution >= 4 is 5.97 Å². The van der Waals surface area contributed by atoms with E-state index >= 15 is 0 Å². The van der Waals surface area contributed by atoms with Gasteiger partial charge in [-0.05, 0) is 36.6 Å². The Labute approximate surface area is 134 Å². The number of rotatable bonds is 8. The second-order valence-corrected chi connectivity index (χ2v) is 5.53.